The maximum Gasteiger partial charge on any atom is 0.168 e. The number of benzene rings is 1. The van der Waals surface area contributed by atoms with Crippen molar-refractivity contribution in [1.82, 2.24) is 24.6 Å². The molecule has 1 aliphatic rings. The third-order valence-corrected chi connectivity index (χ3v) is 4.39. The second-order valence-electron chi connectivity index (χ2n) is 6.12. The Kier molecular flexibility index (Phi) is 3.46. The third kappa shape index (κ3) is 2.55. The predicted molar refractivity (Wildman–Crippen MR) is 91.1 cm³/mol. The minimum atomic E-state index is 0.861. The Morgan fingerprint density at radius 3 is 2.65 bits per heavy atom. The number of anilines is 1. The molecule has 0 radical (unpaired) electrons. The molecule has 3 aromatic rings. The summed E-state index contributed by atoms with van der Waals surface area (Å²) in [6.45, 7) is 6.16. The first-order valence-corrected chi connectivity index (χ1v) is 7.91. The first kappa shape index (κ1) is 14.1. The van der Waals surface area contributed by atoms with Gasteiger partial charge in [-0.3, -0.25) is 0 Å². The molecule has 0 saturated carbocycles. The fourth-order valence-corrected chi connectivity index (χ4v) is 3.05. The first-order chi connectivity index (χ1) is 11.2. The van der Waals surface area contributed by atoms with Crippen molar-refractivity contribution >= 4 is 16.9 Å². The Balaban J connectivity index is 1.78. The van der Waals surface area contributed by atoms with E-state index in [1.807, 2.05) is 16.9 Å². The van der Waals surface area contributed by atoms with Gasteiger partial charge < -0.3 is 9.80 Å². The van der Waals surface area contributed by atoms with E-state index in [0.29, 0.717) is 0 Å². The summed E-state index contributed by atoms with van der Waals surface area (Å²) in [6, 6.07) is 8.29. The molecule has 6 heteroatoms. The van der Waals surface area contributed by atoms with E-state index in [1.54, 1.807) is 6.33 Å². The molecule has 0 atom stereocenters. The summed E-state index contributed by atoms with van der Waals surface area (Å²) in [6.07, 6.45) is 3.52. The van der Waals surface area contributed by atoms with Gasteiger partial charge in [0, 0.05) is 26.2 Å². The van der Waals surface area contributed by atoms with Crippen LogP contribution in [0.4, 0.5) is 5.82 Å². The van der Waals surface area contributed by atoms with Crippen molar-refractivity contribution < 1.29 is 0 Å². The van der Waals surface area contributed by atoms with E-state index in [9.17, 15) is 0 Å². The van der Waals surface area contributed by atoms with Crippen molar-refractivity contribution in [2.45, 2.75) is 6.92 Å². The highest BCUT2D eigenvalue weighted by atomic mass is 15.3. The van der Waals surface area contributed by atoms with Gasteiger partial charge in [-0.05, 0) is 31.7 Å². The van der Waals surface area contributed by atoms with Gasteiger partial charge >= 0.3 is 0 Å². The molecule has 0 aliphatic carbocycles. The summed E-state index contributed by atoms with van der Waals surface area (Å²) in [5.74, 6) is 0.988. The van der Waals surface area contributed by atoms with Crippen LogP contribution in [0.1, 0.15) is 5.56 Å². The molecule has 1 saturated heterocycles. The Morgan fingerprint density at radius 1 is 1.04 bits per heavy atom. The lowest BCUT2D eigenvalue weighted by Crippen LogP contribution is -2.44. The van der Waals surface area contributed by atoms with Crippen LogP contribution in [-0.2, 0) is 0 Å². The zero-order chi connectivity index (χ0) is 15.8. The minimum Gasteiger partial charge on any atom is -0.353 e. The molecule has 4 rings (SSSR count). The number of hydrogen-bond donors (Lipinski definition) is 0. The van der Waals surface area contributed by atoms with Crippen LogP contribution < -0.4 is 4.90 Å². The summed E-state index contributed by atoms with van der Waals surface area (Å²) in [7, 11) is 2.16. The van der Waals surface area contributed by atoms with Crippen LogP contribution >= 0.6 is 0 Å². The summed E-state index contributed by atoms with van der Waals surface area (Å²) in [5, 5.41) is 5.57. The minimum absolute atomic E-state index is 0.861. The molecule has 0 unspecified atom stereocenters. The third-order valence-electron chi connectivity index (χ3n) is 4.39. The van der Waals surface area contributed by atoms with E-state index in [4.69, 9.17) is 0 Å². The highest BCUT2D eigenvalue weighted by Gasteiger charge is 2.19. The van der Waals surface area contributed by atoms with Gasteiger partial charge in [-0.1, -0.05) is 12.1 Å². The van der Waals surface area contributed by atoms with Gasteiger partial charge in [-0.2, -0.15) is 5.10 Å². The molecule has 0 amide bonds. The second-order valence-corrected chi connectivity index (χ2v) is 6.12. The van der Waals surface area contributed by atoms with E-state index in [2.05, 4.69) is 57.0 Å². The standard InChI is InChI=1S/C17H20N6/c1-13-4-3-5-14(10-13)23-17-15(11-20-23)16(18-12-19-17)22-8-6-21(2)7-9-22/h3-5,10-12H,6-9H2,1-2H3. The van der Waals surface area contributed by atoms with Crippen molar-refractivity contribution in [3.63, 3.8) is 0 Å². The molecular formula is C17H20N6. The molecule has 6 nitrogen and oxygen atoms in total. The number of nitrogens with zero attached hydrogens (tertiary/aromatic N) is 6. The zero-order valence-electron chi connectivity index (χ0n) is 13.5. The van der Waals surface area contributed by atoms with E-state index in [1.165, 1.54) is 5.56 Å². The predicted octanol–water partition coefficient (Wildman–Crippen LogP) is 1.88. The lowest BCUT2D eigenvalue weighted by Gasteiger charge is -2.33. The average Bonchev–Trinajstić information content (AvgIpc) is 3.00. The van der Waals surface area contributed by atoms with E-state index < -0.39 is 0 Å². The van der Waals surface area contributed by atoms with Crippen LogP contribution in [0, 0.1) is 6.92 Å². The van der Waals surface area contributed by atoms with Crippen LogP contribution in [0.25, 0.3) is 16.7 Å². The van der Waals surface area contributed by atoms with Crippen molar-refractivity contribution in [2.24, 2.45) is 0 Å². The van der Waals surface area contributed by atoms with Gasteiger partial charge in [0.1, 0.15) is 12.1 Å². The highest BCUT2D eigenvalue weighted by Crippen LogP contribution is 2.25. The molecule has 0 bridgehead atoms. The molecule has 1 aromatic carbocycles. The largest absolute Gasteiger partial charge is 0.353 e. The summed E-state index contributed by atoms with van der Waals surface area (Å²) >= 11 is 0. The Morgan fingerprint density at radius 2 is 1.87 bits per heavy atom. The topological polar surface area (TPSA) is 50.1 Å². The van der Waals surface area contributed by atoms with E-state index >= 15 is 0 Å². The number of hydrogen-bond acceptors (Lipinski definition) is 5. The Bertz CT molecular complexity index is 832. The molecule has 1 aliphatic heterocycles. The molecular weight excluding hydrogens is 288 g/mol. The normalized spacial score (nSPS) is 16.2. The van der Waals surface area contributed by atoms with Crippen LogP contribution in [0.5, 0.6) is 0 Å². The van der Waals surface area contributed by atoms with Crippen LogP contribution in [0.15, 0.2) is 36.8 Å². The van der Waals surface area contributed by atoms with Crippen molar-refractivity contribution in [2.75, 3.05) is 38.1 Å². The first-order valence-electron chi connectivity index (χ1n) is 7.91. The van der Waals surface area contributed by atoms with E-state index in [-0.39, 0.29) is 0 Å². The van der Waals surface area contributed by atoms with Gasteiger partial charge in [0.25, 0.3) is 0 Å². The lowest BCUT2D eigenvalue weighted by atomic mass is 10.2. The molecule has 1 fully saturated rings. The quantitative estimate of drug-likeness (QED) is 0.723. The number of likely N-dealkylation sites (N-methyl/N-ethyl adjacent to an activating group) is 1. The molecule has 0 spiro atoms. The zero-order valence-corrected chi connectivity index (χ0v) is 13.5. The fraction of sp³-hybridized carbons (Fsp3) is 0.353. The van der Waals surface area contributed by atoms with Gasteiger partial charge in [0.2, 0.25) is 0 Å². The second kappa shape index (κ2) is 5.62. The monoisotopic (exact) mass is 308 g/mol. The van der Waals surface area contributed by atoms with Gasteiger partial charge in [0.05, 0.1) is 17.3 Å². The molecule has 23 heavy (non-hydrogen) atoms. The van der Waals surface area contributed by atoms with Gasteiger partial charge in [0.15, 0.2) is 5.65 Å². The molecule has 118 valence electrons. The number of aryl methyl sites for hydroxylation is 1. The molecule has 3 heterocycles. The highest BCUT2D eigenvalue weighted by molar-refractivity contribution is 5.87. The number of rotatable bonds is 2. The van der Waals surface area contributed by atoms with Crippen LogP contribution in [0.3, 0.4) is 0 Å². The van der Waals surface area contributed by atoms with Crippen molar-refractivity contribution in [3.05, 3.63) is 42.4 Å². The summed E-state index contributed by atoms with van der Waals surface area (Å²) in [4.78, 5) is 13.7. The van der Waals surface area contributed by atoms with Gasteiger partial charge in [-0.15, -0.1) is 0 Å². The lowest BCUT2D eigenvalue weighted by molar-refractivity contribution is 0.312. The van der Waals surface area contributed by atoms with E-state index in [0.717, 1.165) is 48.7 Å². The smallest absolute Gasteiger partial charge is 0.168 e. The maximum atomic E-state index is 4.55. The summed E-state index contributed by atoms with van der Waals surface area (Å²) in [5.41, 5.74) is 3.10. The Labute approximate surface area is 135 Å². The fourth-order valence-electron chi connectivity index (χ4n) is 3.05. The maximum absolute atomic E-state index is 4.55. The number of piperazine rings is 1. The van der Waals surface area contributed by atoms with Crippen LogP contribution in [0.2, 0.25) is 0 Å². The Hall–Kier alpha value is -2.47. The number of aromatic nitrogens is 4. The molecule has 2 aromatic heterocycles. The van der Waals surface area contributed by atoms with Crippen molar-refractivity contribution in [1.29, 1.82) is 0 Å². The number of fused-ring (bicyclic) bond motifs is 1. The molecule has 0 N–H and O–H groups in total. The summed E-state index contributed by atoms with van der Waals surface area (Å²) < 4.78 is 1.89. The van der Waals surface area contributed by atoms with Crippen molar-refractivity contribution in [3.8, 4) is 5.69 Å². The van der Waals surface area contributed by atoms with Gasteiger partial charge in [-0.25, -0.2) is 14.6 Å². The SMILES string of the molecule is Cc1cccc(-n2ncc3c(N4CCN(C)CC4)ncnc32)c1. The van der Waals surface area contributed by atoms with Crippen LogP contribution in [-0.4, -0.2) is 57.9 Å². The average molecular weight is 308 g/mol.